The number of ether oxygens (including phenoxy) is 2. The van der Waals surface area contributed by atoms with Crippen molar-refractivity contribution >= 4 is 11.7 Å². The minimum Gasteiger partial charge on any atom is -0.493 e. The highest BCUT2D eigenvalue weighted by molar-refractivity contribution is 5.69. The highest BCUT2D eigenvalue weighted by Crippen LogP contribution is 2.32. The first-order valence-electron chi connectivity index (χ1n) is 7.96. The normalized spacial score (nSPS) is 10.9. The summed E-state index contributed by atoms with van der Waals surface area (Å²) in [6, 6.07) is 6.13. The molecule has 0 heterocycles. The Labute approximate surface area is 144 Å². The molecule has 2 N–H and O–H groups in total. The van der Waals surface area contributed by atoms with Crippen molar-refractivity contribution in [3.8, 4) is 11.5 Å². The average molecular weight is 336 g/mol. The fourth-order valence-corrected chi connectivity index (χ4v) is 2.14. The van der Waals surface area contributed by atoms with Crippen LogP contribution in [0.2, 0.25) is 0 Å². The second-order valence-corrected chi connectivity index (χ2v) is 5.03. The first-order valence-corrected chi connectivity index (χ1v) is 7.96. The summed E-state index contributed by atoms with van der Waals surface area (Å²) >= 11 is 0. The van der Waals surface area contributed by atoms with Gasteiger partial charge in [-0.2, -0.15) is 0 Å². The SMILES string of the molecule is C/C=C/C=C(\CCCCC)c1ccc(OC)c(OC)c1.O=C(O)O. The Morgan fingerprint density at radius 3 is 2.25 bits per heavy atom. The predicted octanol–water partition coefficient (Wildman–Crippen LogP) is 5.47. The first-order chi connectivity index (χ1) is 11.5. The highest BCUT2D eigenvalue weighted by atomic mass is 16.6. The van der Waals surface area contributed by atoms with Crippen LogP contribution in [0.5, 0.6) is 11.5 Å². The van der Waals surface area contributed by atoms with Crippen LogP contribution in [0.1, 0.15) is 45.1 Å². The quantitative estimate of drug-likeness (QED) is 0.486. The van der Waals surface area contributed by atoms with E-state index >= 15 is 0 Å². The molecule has 0 saturated heterocycles. The molecule has 24 heavy (non-hydrogen) atoms. The molecule has 1 aromatic carbocycles. The summed E-state index contributed by atoms with van der Waals surface area (Å²) in [4.78, 5) is 8.56. The van der Waals surface area contributed by atoms with E-state index in [1.165, 1.54) is 30.4 Å². The molecule has 0 atom stereocenters. The van der Waals surface area contributed by atoms with Gasteiger partial charge in [-0.05, 0) is 43.0 Å². The predicted molar refractivity (Wildman–Crippen MR) is 97.1 cm³/mol. The molecule has 5 heteroatoms. The molecule has 0 radical (unpaired) electrons. The molecule has 0 aromatic heterocycles. The number of methoxy groups -OCH3 is 2. The van der Waals surface area contributed by atoms with Crippen molar-refractivity contribution in [2.24, 2.45) is 0 Å². The van der Waals surface area contributed by atoms with Crippen LogP contribution in [0.25, 0.3) is 5.57 Å². The van der Waals surface area contributed by atoms with Crippen molar-refractivity contribution in [1.82, 2.24) is 0 Å². The van der Waals surface area contributed by atoms with Crippen LogP contribution in [0.4, 0.5) is 4.79 Å². The number of hydrogen-bond donors (Lipinski definition) is 2. The van der Waals surface area contributed by atoms with E-state index in [1.54, 1.807) is 14.2 Å². The molecule has 0 aliphatic carbocycles. The van der Waals surface area contributed by atoms with Crippen LogP contribution in [0.3, 0.4) is 0 Å². The van der Waals surface area contributed by atoms with Gasteiger partial charge in [-0.3, -0.25) is 0 Å². The van der Waals surface area contributed by atoms with Crippen molar-refractivity contribution in [2.75, 3.05) is 14.2 Å². The summed E-state index contributed by atoms with van der Waals surface area (Å²) in [5, 5.41) is 13.9. The van der Waals surface area contributed by atoms with E-state index < -0.39 is 6.16 Å². The molecule has 0 saturated carbocycles. The minimum absolute atomic E-state index is 0.773. The molecule has 0 amide bonds. The lowest BCUT2D eigenvalue weighted by Gasteiger charge is -2.12. The maximum absolute atomic E-state index is 8.56. The number of carboxylic acid groups (broad SMARTS) is 2. The number of unbranched alkanes of at least 4 members (excludes halogenated alkanes) is 2. The zero-order chi connectivity index (χ0) is 18.4. The molecule has 0 spiro atoms. The van der Waals surface area contributed by atoms with Crippen molar-refractivity contribution in [2.45, 2.75) is 39.5 Å². The van der Waals surface area contributed by atoms with Crippen molar-refractivity contribution in [3.63, 3.8) is 0 Å². The Morgan fingerprint density at radius 1 is 1.12 bits per heavy atom. The topological polar surface area (TPSA) is 76.0 Å². The summed E-state index contributed by atoms with van der Waals surface area (Å²) in [7, 11) is 3.34. The Kier molecular flexibility index (Phi) is 11.7. The zero-order valence-corrected chi connectivity index (χ0v) is 14.9. The van der Waals surface area contributed by atoms with Gasteiger partial charge in [0.1, 0.15) is 0 Å². The molecule has 0 aliphatic heterocycles. The summed E-state index contributed by atoms with van der Waals surface area (Å²) < 4.78 is 10.7. The third kappa shape index (κ3) is 8.88. The third-order valence-electron chi connectivity index (χ3n) is 3.29. The van der Waals surface area contributed by atoms with E-state index in [-0.39, 0.29) is 0 Å². The van der Waals surface area contributed by atoms with E-state index in [0.29, 0.717) is 0 Å². The Balaban J connectivity index is 0.00000118. The first kappa shape index (κ1) is 21.6. The molecule has 0 aliphatic rings. The fourth-order valence-electron chi connectivity index (χ4n) is 2.14. The van der Waals surface area contributed by atoms with Gasteiger partial charge < -0.3 is 19.7 Å². The van der Waals surface area contributed by atoms with E-state index in [4.69, 9.17) is 24.5 Å². The molecule has 134 valence electrons. The molecule has 0 bridgehead atoms. The average Bonchev–Trinajstić information content (AvgIpc) is 2.57. The van der Waals surface area contributed by atoms with Gasteiger partial charge in [0.05, 0.1) is 14.2 Å². The van der Waals surface area contributed by atoms with Gasteiger partial charge in [-0.25, -0.2) is 4.79 Å². The Bertz CT molecular complexity index is 543. The summed E-state index contributed by atoms with van der Waals surface area (Å²) in [6.07, 6.45) is 9.32. The number of rotatable bonds is 8. The smallest absolute Gasteiger partial charge is 0.493 e. The standard InChI is InChI=1S/C18H26O2.CH2O3/c1-5-7-9-11-15(10-8-6-2)16-12-13-17(19-3)18(14-16)20-4;2-1(3)4/h6,8,10,12-14H,5,7,9,11H2,1-4H3;(H2,2,3,4)/b8-6+,15-10+;. The molecule has 0 fully saturated rings. The van der Waals surface area contributed by atoms with Crippen LogP contribution in [0.15, 0.2) is 36.4 Å². The van der Waals surface area contributed by atoms with Gasteiger partial charge in [0.25, 0.3) is 0 Å². The lowest BCUT2D eigenvalue weighted by atomic mass is 9.98. The van der Waals surface area contributed by atoms with Gasteiger partial charge in [0, 0.05) is 0 Å². The molecule has 1 aromatic rings. The maximum Gasteiger partial charge on any atom is 0.503 e. The van der Waals surface area contributed by atoms with Crippen molar-refractivity contribution in [3.05, 3.63) is 42.0 Å². The molecular weight excluding hydrogens is 308 g/mol. The summed E-state index contributed by atoms with van der Waals surface area (Å²) in [5.41, 5.74) is 2.55. The van der Waals surface area contributed by atoms with Crippen LogP contribution in [-0.4, -0.2) is 30.6 Å². The Hall–Kier alpha value is -2.43. The molecule has 0 unspecified atom stereocenters. The largest absolute Gasteiger partial charge is 0.503 e. The number of hydrogen-bond acceptors (Lipinski definition) is 3. The summed E-state index contributed by atoms with van der Waals surface area (Å²) in [6.45, 7) is 4.26. The van der Waals surface area contributed by atoms with Crippen molar-refractivity contribution in [1.29, 1.82) is 0 Å². The van der Waals surface area contributed by atoms with E-state index in [2.05, 4.69) is 37.3 Å². The second kappa shape index (κ2) is 13.0. The minimum atomic E-state index is -1.83. The number of allylic oxidation sites excluding steroid dienone is 4. The van der Waals surface area contributed by atoms with E-state index in [0.717, 1.165) is 17.9 Å². The molecule has 5 nitrogen and oxygen atoms in total. The monoisotopic (exact) mass is 336 g/mol. The highest BCUT2D eigenvalue weighted by Gasteiger charge is 2.07. The fraction of sp³-hybridized carbons (Fsp3) is 0.421. The molecular formula is C19H28O5. The lowest BCUT2D eigenvalue weighted by Crippen LogP contribution is -1.93. The van der Waals surface area contributed by atoms with Crippen LogP contribution < -0.4 is 9.47 Å². The van der Waals surface area contributed by atoms with Crippen LogP contribution in [0, 0.1) is 0 Å². The van der Waals surface area contributed by atoms with Crippen molar-refractivity contribution < 1.29 is 24.5 Å². The number of benzene rings is 1. The van der Waals surface area contributed by atoms with Gasteiger partial charge in [-0.1, -0.05) is 44.1 Å². The van der Waals surface area contributed by atoms with Gasteiger partial charge in [0.2, 0.25) is 0 Å². The number of carbonyl (C=O) groups is 1. The van der Waals surface area contributed by atoms with Gasteiger partial charge in [-0.15, -0.1) is 0 Å². The van der Waals surface area contributed by atoms with Crippen LogP contribution >= 0.6 is 0 Å². The zero-order valence-electron chi connectivity index (χ0n) is 14.9. The van der Waals surface area contributed by atoms with E-state index in [1.807, 2.05) is 13.0 Å². The lowest BCUT2D eigenvalue weighted by molar-refractivity contribution is 0.137. The maximum atomic E-state index is 8.56. The molecule has 1 rings (SSSR count). The third-order valence-corrected chi connectivity index (χ3v) is 3.29. The van der Waals surface area contributed by atoms with Crippen LogP contribution in [-0.2, 0) is 0 Å². The summed E-state index contributed by atoms with van der Waals surface area (Å²) in [5.74, 6) is 1.56. The Morgan fingerprint density at radius 2 is 1.75 bits per heavy atom. The van der Waals surface area contributed by atoms with Gasteiger partial charge in [0.15, 0.2) is 11.5 Å². The van der Waals surface area contributed by atoms with Gasteiger partial charge >= 0.3 is 6.16 Å². The second-order valence-electron chi connectivity index (χ2n) is 5.03. The van der Waals surface area contributed by atoms with E-state index in [9.17, 15) is 0 Å².